The van der Waals surface area contributed by atoms with Gasteiger partial charge in [-0.2, -0.15) is 0 Å². The van der Waals surface area contributed by atoms with Gasteiger partial charge in [0.15, 0.2) is 0 Å². The summed E-state index contributed by atoms with van der Waals surface area (Å²) in [6.07, 6.45) is 13.3. The number of ether oxygens (including phenoxy) is 1. The molecule has 3 fully saturated rings. The molecule has 8 atom stereocenters. The fourth-order valence-electron chi connectivity index (χ4n) is 12.3. The number of likely N-dealkylation sites (N-methyl/N-ethyl adjacent to an activating group) is 1. The molecule has 0 spiro atoms. The molecule has 290 valence electrons. The Hall–Kier alpha value is -2.48. The van der Waals surface area contributed by atoms with Gasteiger partial charge < -0.3 is 24.7 Å². The summed E-state index contributed by atoms with van der Waals surface area (Å²) in [5, 5.41) is 19.1. The highest BCUT2D eigenvalue weighted by Gasteiger charge is 2.61. The number of fused-ring (bicyclic) bond motifs is 4. The Kier molecular flexibility index (Phi) is 12.6. The molecule has 0 aliphatic heterocycles. The summed E-state index contributed by atoms with van der Waals surface area (Å²) >= 11 is 0. The van der Waals surface area contributed by atoms with Crippen LogP contribution in [0.2, 0.25) is 0 Å². The second-order valence-electron chi connectivity index (χ2n) is 18.6. The first-order chi connectivity index (χ1) is 24.6. The summed E-state index contributed by atoms with van der Waals surface area (Å²) in [6.45, 7) is 20.9. The van der Waals surface area contributed by atoms with Crippen LogP contribution in [-0.2, 0) is 9.53 Å². The molecule has 0 radical (unpaired) electrons. The second kappa shape index (κ2) is 16.1. The number of carbonyl (C=O) groups is 2. The van der Waals surface area contributed by atoms with E-state index in [2.05, 4.69) is 85.3 Å². The third-order valence-corrected chi connectivity index (χ3v) is 15.2. The zero-order chi connectivity index (χ0) is 38.1. The molecular formula is C45H70N2O5. The average Bonchev–Trinajstić information content (AvgIpc) is 3.48. The van der Waals surface area contributed by atoms with E-state index >= 15 is 0 Å². The molecule has 0 bridgehead atoms. The smallest absolute Gasteiger partial charge is 0.338 e. The van der Waals surface area contributed by atoms with Crippen molar-refractivity contribution in [2.75, 3.05) is 53.6 Å². The molecule has 4 aliphatic rings. The SMILES string of the molecule is C=C(C)C1CCC2(C(=O)N(CCO)CCN(C)C)CCC(C)C3(C)CCC4C(C)(C)C(c5ccc(C(=O)OCCO)cc5)=CCC4(C)C3CCCC12. The standard InChI is InChI=1S/C45H70N2O5/c1-31(2)35-18-24-45(41(51)47(27-28-48)26-25-46(8)9)23-17-32(3)43(6)22-20-38-42(4,5)36(19-21-44(38,7)39(43)12-10-11-37(35)45)33-13-15-34(16-14-33)40(50)52-30-29-49/h13-16,19,32,35,37-39,48-49H,1,10-12,17-18,20-30H2,2-9H3. The van der Waals surface area contributed by atoms with Crippen molar-refractivity contribution in [2.45, 2.75) is 106 Å². The number of nitrogens with zero attached hydrogens (tertiary/aromatic N) is 2. The molecule has 3 saturated carbocycles. The normalized spacial score (nSPS) is 34.4. The van der Waals surface area contributed by atoms with Crippen LogP contribution < -0.4 is 0 Å². The molecule has 4 aliphatic carbocycles. The number of hydrogen-bond donors (Lipinski definition) is 2. The van der Waals surface area contributed by atoms with E-state index in [-0.39, 0.29) is 47.4 Å². The number of hydrogen-bond acceptors (Lipinski definition) is 6. The summed E-state index contributed by atoms with van der Waals surface area (Å²) < 4.78 is 5.15. The third-order valence-electron chi connectivity index (χ3n) is 15.2. The van der Waals surface area contributed by atoms with Crippen molar-refractivity contribution >= 4 is 17.4 Å². The van der Waals surface area contributed by atoms with Crippen molar-refractivity contribution in [3.63, 3.8) is 0 Å². The number of rotatable bonds is 11. The van der Waals surface area contributed by atoms with E-state index in [9.17, 15) is 14.7 Å². The number of esters is 1. The van der Waals surface area contributed by atoms with E-state index in [1.807, 2.05) is 17.0 Å². The highest BCUT2D eigenvalue weighted by atomic mass is 16.5. The first kappa shape index (κ1) is 40.7. The Bertz CT molecular complexity index is 1470. The maximum atomic E-state index is 14.9. The zero-order valence-electron chi connectivity index (χ0n) is 33.8. The van der Waals surface area contributed by atoms with Crippen molar-refractivity contribution in [1.29, 1.82) is 0 Å². The molecule has 1 amide bonds. The number of benzene rings is 1. The second-order valence-corrected chi connectivity index (χ2v) is 18.6. The Morgan fingerprint density at radius 3 is 2.19 bits per heavy atom. The molecule has 7 nitrogen and oxygen atoms in total. The van der Waals surface area contributed by atoms with Gasteiger partial charge in [0.25, 0.3) is 0 Å². The quantitative estimate of drug-likeness (QED) is 0.177. The van der Waals surface area contributed by atoms with Crippen LogP contribution in [0.1, 0.15) is 122 Å². The van der Waals surface area contributed by atoms with Crippen LogP contribution in [-0.4, -0.2) is 85.4 Å². The van der Waals surface area contributed by atoms with Crippen LogP contribution in [0, 0.1) is 51.2 Å². The molecule has 52 heavy (non-hydrogen) atoms. The lowest BCUT2D eigenvalue weighted by Crippen LogP contribution is -2.56. The van der Waals surface area contributed by atoms with Gasteiger partial charge in [-0.25, -0.2) is 4.79 Å². The van der Waals surface area contributed by atoms with Crippen molar-refractivity contribution in [2.24, 2.45) is 51.2 Å². The predicted octanol–water partition coefficient (Wildman–Crippen LogP) is 8.26. The lowest BCUT2D eigenvalue weighted by atomic mass is 9.40. The van der Waals surface area contributed by atoms with E-state index in [0.717, 1.165) is 51.5 Å². The fraction of sp³-hybridized carbons (Fsp3) is 0.733. The van der Waals surface area contributed by atoms with E-state index in [1.54, 1.807) is 0 Å². The molecule has 1 aromatic rings. The van der Waals surface area contributed by atoms with Gasteiger partial charge in [-0.1, -0.05) is 71.4 Å². The van der Waals surface area contributed by atoms with Crippen molar-refractivity contribution < 1.29 is 24.5 Å². The van der Waals surface area contributed by atoms with Crippen LogP contribution >= 0.6 is 0 Å². The van der Waals surface area contributed by atoms with Crippen molar-refractivity contribution in [3.8, 4) is 0 Å². The molecule has 5 rings (SSSR count). The first-order valence-electron chi connectivity index (χ1n) is 20.4. The van der Waals surface area contributed by atoms with Gasteiger partial charge >= 0.3 is 5.97 Å². The maximum absolute atomic E-state index is 14.9. The van der Waals surface area contributed by atoms with Crippen LogP contribution in [0.3, 0.4) is 0 Å². The Balaban J connectivity index is 1.45. The van der Waals surface area contributed by atoms with Crippen LogP contribution in [0.5, 0.6) is 0 Å². The predicted molar refractivity (Wildman–Crippen MR) is 211 cm³/mol. The van der Waals surface area contributed by atoms with Gasteiger partial charge in [0.1, 0.15) is 6.61 Å². The highest BCUT2D eigenvalue weighted by molar-refractivity contribution is 5.90. The summed E-state index contributed by atoms with van der Waals surface area (Å²) in [5.41, 5.74) is 4.20. The van der Waals surface area contributed by atoms with Gasteiger partial charge in [0, 0.05) is 19.6 Å². The summed E-state index contributed by atoms with van der Waals surface area (Å²) in [7, 11) is 4.10. The largest absolute Gasteiger partial charge is 0.460 e. The van der Waals surface area contributed by atoms with Crippen molar-refractivity contribution in [3.05, 3.63) is 53.6 Å². The Labute approximate surface area is 315 Å². The Morgan fingerprint density at radius 2 is 1.56 bits per heavy atom. The molecule has 2 N–H and O–H groups in total. The van der Waals surface area contributed by atoms with Gasteiger partial charge in [0.05, 0.1) is 24.2 Å². The maximum Gasteiger partial charge on any atom is 0.338 e. The zero-order valence-corrected chi connectivity index (χ0v) is 33.8. The molecule has 0 aromatic heterocycles. The monoisotopic (exact) mass is 719 g/mol. The van der Waals surface area contributed by atoms with Crippen LogP contribution in [0.4, 0.5) is 0 Å². The van der Waals surface area contributed by atoms with Gasteiger partial charge in [-0.3, -0.25) is 4.79 Å². The summed E-state index contributed by atoms with van der Waals surface area (Å²) in [4.78, 5) is 31.4. The highest BCUT2D eigenvalue weighted by Crippen LogP contribution is 2.69. The van der Waals surface area contributed by atoms with Crippen molar-refractivity contribution in [1.82, 2.24) is 9.80 Å². The molecule has 8 unspecified atom stereocenters. The van der Waals surface area contributed by atoms with Gasteiger partial charge in [-0.05, 0) is 148 Å². The summed E-state index contributed by atoms with van der Waals surface area (Å²) in [5.74, 6) is 2.13. The summed E-state index contributed by atoms with van der Waals surface area (Å²) in [6, 6.07) is 7.86. The minimum atomic E-state index is -0.401. The molecule has 0 heterocycles. The fourth-order valence-corrected chi connectivity index (χ4v) is 12.3. The minimum absolute atomic E-state index is 0.00237. The van der Waals surface area contributed by atoms with Gasteiger partial charge in [-0.15, -0.1) is 0 Å². The topological polar surface area (TPSA) is 90.3 Å². The molecular weight excluding hydrogens is 649 g/mol. The van der Waals surface area contributed by atoms with E-state index in [0.29, 0.717) is 48.2 Å². The third kappa shape index (κ3) is 7.45. The van der Waals surface area contributed by atoms with E-state index in [1.165, 1.54) is 36.0 Å². The molecule has 1 aromatic carbocycles. The van der Waals surface area contributed by atoms with E-state index in [4.69, 9.17) is 9.84 Å². The van der Waals surface area contributed by atoms with Crippen LogP contribution in [0.25, 0.3) is 5.57 Å². The lowest BCUT2D eigenvalue weighted by molar-refractivity contribution is -0.149. The molecule has 0 saturated heterocycles. The number of carbonyl (C=O) groups excluding carboxylic acids is 2. The minimum Gasteiger partial charge on any atom is -0.460 e. The van der Waals surface area contributed by atoms with E-state index < -0.39 is 5.97 Å². The molecule has 7 heteroatoms. The van der Waals surface area contributed by atoms with Gasteiger partial charge in [0.2, 0.25) is 5.91 Å². The Morgan fingerprint density at radius 1 is 0.865 bits per heavy atom. The number of aliphatic hydroxyl groups excluding tert-OH is 2. The first-order valence-corrected chi connectivity index (χ1v) is 20.4. The average molecular weight is 719 g/mol. The number of aliphatic hydroxyl groups is 2. The lowest BCUT2D eigenvalue weighted by Gasteiger charge is -2.64. The number of allylic oxidation sites excluding steroid dienone is 3. The number of amides is 1. The van der Waals surface area contributed by atoms with Crippen LogP contribution in [0.15, 0.2) is 42.5 Å².